The van der Waals surface area contributed by atoms with Crippen LogP contribution in [0.25, 0.3) is 0 Å². The number of ether oxygens (including phenoxy) is 1. The highest BCUT2D eigenvalue weighted by Crippen LogP contribution is 2.05. The van der Waals surface area contributed by atoms with Crippen LogP contribution in [0.1, 0.15) is 17.7 Å². The van der Waals surface area contributed by atoms with Crippen LogP contribution in [0.2, 0.25) is 0 Å². The van der Waals surface area contributed by atoms with Crippen molar-refractivity contribution in [2.45, 2.75) is 13.0 Å². The van der Waals surface area contributed by atoms with Gasteiger partial charge in [-0.25, -0.2) is 0 Å². The highest BCUT2D eigenvalue weighted by Gasteiger charge is 2.03. The predicted octanol–water partition coefficient (Wildman–Crippen LogP) is 0.139. The van der Waals surface area contributed by atoms with E-state index in [4.69, 9.17) is 10.00 Å². The lowest BCUT2D eigenvalue weighted by Crippen LogP contribution is -2.29. The Labute approximate surface area is 113 Å². The second-order valence-corrected chi connectivity index (χ2v) is 4.23. The first-order chi connectivity index (χ1) is 9.17. The fraction of sp³-hybridized carbons (Fsp3) is 0.538. The number of nitrogens with zero attached hydrogens (tertiary/aromatic N) is 2. The largest absolute Gasteiger partial charge is 0.383 e. The summed E-state index contributed by atoms with van der Waals surface area (Å²) in [7, 11) is 3.44. The summed E-state index contributed by atoms with van der Waals surface area (Å²) in [6.07, 6.45) is 2.34. The monoisotopic (exact) mass is 264 g/mol. The van der Waals surface area contributed by atoms with Crippen molar-refractivity contribution >= 4 is 5.91 Å². The van der Waals surface area contributed by atoms with Gasteiger partial charge in [0, 0.05) is 46.4 Å². The van der Waals surface area contributed by atoms with E-state index in [0.717, 1.165) is 5.56 Å². The van der Waals surface area contributed by atoms with Gasteiger partial charge in [-0.3, -0.25) is 4.79 Å². The Morgan fingerprint density at radius 3 is 2.95 bits per heavy atom. The molecule has 0 bridgehead atoms. The van der Waals surface area contributed by atoms with Gasteiger partial charge in [-0.15, -0.1) is 0 Å². The highest BCUT2D eigenvalue weighted by molar-refractivity contribution is 5.76. The SMILES string of the molecule is COCCNC(=O)CCNCc1cc(C#N)n(C)c1. The lowest BCUT2D eigenvalue weighted by atomic mass is 10.3. The molecule has 0 atom stereocenters. The molecule has 0 aliphatic rings. The normalized spacial score (nSPS) is 10.2. The van der Waals surface area contributed by atoms with Gasteiger partial charge in [0.25, 0.3) is 0 Å². The topological polar surface area (TPSA) is 79.1 Å². The summed E-state index contributed by atoms with van der Waals surface area (Å²) in [5, 5.41) is 14.8. The van der Waals surface area contributed by atoms with Crippen molar-refractivity contribution in [3.05, 3.63) is 23.5 Å². The molecule has 1 aromatic rings. The highest BCUT2D eigenvalue weighted by atomic mass is 16.5. The zero-order valence-electron chi connectivity index (χ0n) is 11.4. The molecule has 0 saturated carbocycles. The van der Waals surface area contributed by atoms with Crippen molar-refractivity contribution in [3.8, 4) is 6.07 Å². The summed E-state index contributed by atoms with van der Waals surface area (Å²) in [5.41, 5.74) is 1.67. The maximum atomic E-state index is 11.4. The van der Waals surface area contributed by atoms with Crippen LogP contribution in [0.5, 0.6) is 0 Å². The minimum Gasteiger partial charge on any atom is -0.383 e. The smallest absolute Gasteiger partial charge is 0.221 e. The summed E-state index contributed by atoms with van der Waals surface area (Å²) >= 11 is 0. The van der Waals surface area contributed by atoms with Gasteiger partial charge in [0.15, 0.2) is 0 Å². The van der Waals surface area contributed by atoms with Crippen molar-refractivity contribution in [2.75, 3.05) is 26.8 Å². The third kappa shape index (κ3) is 5.55. The van der Waals surface area contributed by atoms with Crippen molar-refractivity contribution in [1.82, 2.24) is 15.2 Å². The first-order valence-electron chi connectivity index (χ1n) is 6.19. The molecule has 1 heterocycles. The standard InChI is InChI=1S/C13H20N4O2/c1-17-10-11(7-12(17)8-14)9-15-4-3-13(18)16-5-6-19-2/h7,10,15H,3-6,9H2,1-2H3,(H,16,18). The first-order valence-corrected chi connectivity index (χ1v) is 6.19. The van der Waals surface area contributed by atoms with Gasteiger partial charge < -0.3 is 19.9 Å². The Bertz CT molecular complexity index is 448. The summed E-state index contributed by atoms with van der Waals surface area (Å²) < 4.78 is 6.63. The lowest BCUT2D eigenvalue weighted by molar-refractivity contribution is -0.121. The molecule has 1 rings (SSSR count). The quantitative estimate of drug-likeness (QED) is 0.655. The minimum atomic E-state index is 0.00956. The number of aromatic nitrogens is 1. The van der Waals surface area contributed by atoms with Gasteiger partial charge in [-0.05, 0) is 11.6 Å². The van der Waals surface area contributed by atoms with Crippen LogP contribution < -0.4 is 10.6 Å². The number of rotatable bonds is 8. The van der Waals surface area contributed by atoms with E-state index in [0.29, 0.717) is 38.4 Å². The zero-order chi connectivity index (χ0) is 14.1. The van der Waals surface area contributed by atoms with Crippen LogP contribution in [0, 0.1) is 11.3 Å². The Morgan fingerprint density at radius 2 is 2.32 bits per heavy atom. The van der Waals surface area contributed by atoms with E-state index in [2.05, 4.69) is 16.7 Å². The number of methoxy groups -OCH3 is 1. The zero-order valence-corrected chi connectivity index (χ0v) is 11.4. The second kappa shape index (κ2) is 8.29. The lowest BCUT2D eigenvalue weighted by Gasteiger charge is -2.05. The molecule has 6 nitrogen and oxygen atoms in total. The number of nitrogens with one attached hydrogen (secondary N) is 2. The van der Waals surface area contributed by atoms with Crippen LogP contribution in [0.15, 0.2) is 12.3 Å². The van der Waals surface area contributed by atoms with Crippen LogP contribution >= 0.6 is 0 Å². The van der Waals surface area contributed by atoms with Gasteiger partial charge in [0.1, 0.15) is 11.8 Å². The van der Waals surface area contributed by atoms with Gasteiger partial charge in [0.2, 0.25) is 5.91 Å². The van der Waals surface area contributed by atoms with Crippen molar-refractivity contribution in [3.63, 3.8) is 0 Å². The van der Waals surface area contributed by atoms with E-state index in [1.165, 1.54) is 0 Å². The molecule has 0 fully saturated rings. The first kappa shape index (κ1) is 15.2. The van der Waals surface area contributed by atoms with Gasteiger partial charge in [-0.1, -0.05) is 0 Å². The predicted molar refractivity (Wildman–Crippen MR) is 71.3 cm³/mol. The maximum absolute atomic E-state index is 11.4. The van der Waals surface area contributed by atoms with Crippen LogP contribution in [0.4, 0.5) is 0 Å². The summed E-state index contributed by atoms with van der Waals surface area (Å²) in [4.78, 5) is 11.4. The van der Waals surface area contributed by atoms with Gasteiger partial charge in [-0.2, -0.15) is 5.26 Å². The van der Waals surface area contributed by atoms with Crippen molar-refractivity contribution in [2.24, 2.45) is 7.05 Å². The molecule has 0 aliphatic heterocycles. The van der Waals surface area contributed by atoms with Gasteiger partial charge in [0.05, 0.1) is 6.61 Å². The molecular weight excluding hydrogens is 244 g/mol. The van der Waals surface area contributed by atoms with E-state index >= 15 is 0 Å². The Hall–Kier alpha value is -1.84. The molecule has 19 heavy (non-hydrogen) atoms. The molecule has 0 aliphatic carbocycles. The number of aryl methyl sites for hydroxylation is 1. The average molecular weight is 264 g/mol. The van der Waals surface area contributed by atoms with E-state index in [-0.39, 0.29) is 5.91 Å². The number of carbonyl (C=O) groups excluding carboxylic acids is 1. The molecule has 6 heteroatoms. The second-order valence-electron chi connectivity index (χ2n) is 4.23. The fourth-order valence-corrected chi connectivity index (χ4v) is 1.66. The van der Waals surface area contributed by atoms with E-state index < -0.39 is 0 Å². The van der Waals surface area contributed by atoms with E-state index in [9.17, 15) is 4.79 Å². The number of hydrogen-bond acceptors (Lipinski definition) is 4. The number of hydrogen-bond donors (Lipinski definition) is 2. The van der Waals surface area contributed by atoms with Crippen molar-refractivity contribution < 1.29 is 9.53 Å². The molecular formula is C13H20N4O2. The number of carbonyl (C=O) groups is 1. The third-order valence-corrected chi connectivity index (χ3v) is 2.66. The Balaban J connectivity index is 2.16. The molecule has 0 spiro atoms. The summed E-state index contributed by atoms with van der Waals surface area (Å²) in [6, 6.07) is 3.95. The van der Waals surface area contributed by atoms with Crippen molar-refractivity contribution in [1.29, 1.82) is 5.26 Å². The number of amides is 1. The molecule has 1 aromatic heterocycles. The van der Waals surface area contributed by atoms with Crippen LogP contribution in [-0.4, -0.2) is 37.3 Å². The molecule has 0 unspecified atom stereocenters. The third-order valence-electron chi connectivity index (χ3n) is 2.66. The molecule has 0 saturated heterocycles. The Kier molecular flexibility index (Phi) is 6.64. The number of nitriles is 1. The summed E-state index contributed by atoms with van der Waals surface area (Å²) in [6.45, 7) is 2.33. The minimum absolute atomic E-state index is 0.00956. The molecule has 0 radical (unpaired) electrons. The van der Waals surface area contributed by atoms with Crippen LogP contribution in [-0.2, 0) is 23.1 Å². The molecule has 104 valence electrons. The molecule has 0 aromatic carbocycles. The fourth-order valence-electron chi connectivity index (χ4n) is 1.66. The van der Waals surface area contributed by atoms with Crippen LogP contribution in [0.3, 0.4) is 0 Å². The van der Waals surface area contributed by atoms with E-state index in [1.807, 2.05) is 19.3 Å². The summed E-state index contributed by atoms with van der Waals surface area (Å²) in [5.74, 6) is 0.00956. The average Bonchev–Trinajstić information content (AvgIpc) is 2.75. The molecule has 1 amide bonds. The van der Waals surface area contributed by atoms with Gasteiger partial charge >= 0.3 is 0 Å². The Morgan fingerprint density at radius 1 is 1.53 bits per heavy atom. The maximum Gasteiger partial charge on any atom is 0.221 e. The van der Waals surface area contributed by atoms with E-state index in [1.54, 1.807) is 11.7 Å². The molecule has 2 N–H and O–H groups in total.